The van der Waals surface area contributed by atoms with Crippen molar-refractivity contribution < 1.29 is 14.3 Å². The van der Waals surface area contributed by atoms with E-state index in [-0.39, 0.29) is 17.6 Å². The third-order valence-corrected chi connectivity index (χ3v) is 4.98. The van der Waals surface area contributed by atoms with E-state index < -0.39 is 5.60 Å². The van der Waals surface area contributed by atoms with Crippen LogP contribution in [0.25, 0.3) is 0 Å². The molecule has 1 aliphatic carbocycles. The maximum Gasteiger partial charge on any atom is 0.177 e. The fourth-order valence-corrected chi connectivity index (χ4v) is 3.88. The summed E-state index contributed by atoms with van der Waals surface area (Å²) in [6.45, 7) is 8.05. The van der Waals surface area contributed by atoms with Gasteiger partial charge in [-0.2, -0.15) is 0 Å². The average molecular weight is 312 g/mol. The molecule has 1 aliphatic heterocycles. The molecule has 0 spiro atoms. The number of hydrogen-bond donors (Lipinski definition) is 0. The summed E-state index contributed by atoms with van der Waals surface area (Å²) in [5.74, 6) is 0.659. The molecule has 3 heteroatoms. The first kappa shape index (κ1) is 16.0. The topological polar surface area (TPSA) is 43.4 Å². The van der Waals surface area contributed by atoms with Crippen LogP contribution in [0.5, 0.6) is 5.75 Å². The lowest BCUT2D eigenvalue weighted by Gasteiger charge is -2.40. The van der Waals surface area contributed by atoms with Crippen LogP contribution < -0.4 is 4.74 Å². The third-order valence-electron chi connectivity index (χ3n) is 4.98. The van der Waals surface area contributed by atoms with Gasteiger partial charge in [-0.1, -0.05) is 25.5 Å². The molecule has 0 saturated carbocycles. The summed E-state index contributed by atoms with van der Waals surface area (Å²) in [7, 11) is 0. The van der Waals surface area contributed by atoms with Crippen molar-refractivity contribution in [2.24, 2.45) is 5.92 Å². The molecule has 0 fully saturated rings. The first-order chi connectivity index (χ1) is 10.8. The second-order valence-electron chi connectivity index (χ2n) is 7.42. The summed E-state index contributed by atoms with van der Waals surface area (Å²) in [6.07, 6.45) is 6.12. The van der Waals surface area contributed by atoms with E-state index >= 15 is 0 Å². The molecule has 1 heterocycles. The molecule has 1 aromatic rings. The molecule has 1 atom stereocenters. The Hall–Kier alpha value is -1.90. The normalized spacial score (nSPS) is 22.6. The zero-order valence-corrected chi connectivity index (χ0v) is 14.3. The van der Waals surface area contributed by atoms with Crippen LogP contribution in [-0.2, 0) is 0 Å². The molecule has 0 bridgehead atoms. The van der Waals surface area contributed by atoms with Crippen LogP contribution in [0.4, 0.5) is 0 Å². The largest absolute Gasteiger partial charge is 0.486 e. The molecule has 3 nitrogen and oxygen atoms in total. The first-order valence-corrected chi connectivity index (χ1v) is 8.40. The van der Waals surface area contributed by atoms with E-state index in [1.807, 2.05) is 33.8 Å². The molecule has 2 aliphatic rings. The van der Waals surface area contributed by atoms with Gasteiger partial charge in [0.25, 0.3) is 0 Å². The fourth-order valence-electron chi connectivity index (χ4n) is 3.88. The van der Waals surface area contributed by atoms with Crippen molar-refractivity contribution in [2.45, 2.75) is 58.5 Å². The van der Waals surface area contributed by atoms with Gasteiger partial charge >= 0.3 is 0 Å². The van der Waals surface area contributed by atoms with Crippen molar-refractivity contribution in [1.82, 2.24) is 0 Å². The highest BCUT2D eigenvalue weighted by molar-refractivity contribution is 6.05. The Balaban J connectivity index is 2.13. The predicted molar refractivity (Wildman–Crippen MR) is 90.4 cm³/mol. The van der Waals surface area contributed by atoms with E-state index in [2.05, 4.69) is 6.08 Å². The van der Waals surface area contributed by atoms with E-state index in [4.69, 9.17) is 4.74 Å². The minimum absolute atomic E-state index is 0.0859. The highest BCUT2D eigenvalue weighted by Gasteiger charge is 2.45. The van der Waals surface area contributed by atoms with Crippen molar-refractivity contribution in [3.05, 3.63) is 40.5 Å². The highest BCUT2D eigenvalue weighted by Crippen LogP contribution is 2.44. The quantitative estimate of drug-likeness (QED) is 0.600. The lowest BCUT2D eigenvalue weighted by molar-refractivity contribution is 0.0363. The second-order valence-corrected chi connectivity index (χ2v) is 7.42. The molecule has 122 valence electrons. The van der Waals surface area contributed by atoms with E-state index in [0.29, 0.717) is 16.9 Å². The van der Waals surface area contributed by atoms with Crippen molar-refractivity contribution in [3.63, 3.8) is 0 Å². The summed E-state index contributed by atoms with van der Waals surface area (Å²) < 4.78 is 6.23. The lowest BCUT2D eigenvalue weighted by atomic mass is 9.75. The Morgan fingerprint density at radius 1 is 1.30 bits per heavy atom. The van der Waals surface area contributed by atoms with Gasteiger partial charge < -0.3 is 4.74 Å². The Morgan fingerprint density at radius 3 is 2.61 bits per heavy atom. The monoisotopic (exact) mass is 312 g/mol. The Labute approximate surface area is 137 Å². The molecule has 0 N–H and O–H groups in total. The number of rotatable bonds is 3. The summed E-state index contributed by atoms with van der Waals surface area (Å²) in [4.78, 5) is 24.6. The number of Topliss-reactive ketones (excluding diaryl/α,β-unsaturated/α-hetero) is 1. The summed E-state index contributed by atoms with van der Waals surface area (Å²) in [5.41, 5.74) is 2.70. The smallest absolute Gasteiger partial charge is 0.177 e. The van der Waals surface area contributed by atoms with E-state index in [1.165, 1.54) is 5.57 Å². The van der Waals surface area contributed by atoms with Crippen LogP contribution in [0.3, 0.4) is 0 Å². The van der Waals surface area contributed by atoms with Gasteiger partial charge in [0.15, 0.2) is 5.78 Å². The van der Waals surface area contributed by atoms with Gasteiger partial charge in [0.05, 0.1) is 11.5 Å². The minimum Gasteiger partial charge on any atom is -0.486 e. The Kier molecular flexibility index (Phi) is 3.91. The molecule has 0 aromatic heterocycles. The zero-order valence-electron chi connectivity index (χ0n) is 14.3. The van der Waals surface area contributed by atoms with Crippen molar-refractivity contribution in [3.8, 4) is 5.75 Å². The molecular formula is C20H24O3. The van der Waals surface area contributed by atoms with Gasteiger partial charge in [0, 0.05) is 5.56 Å². The zero-order chi connectivity index (χ0) is 16.8. The van der Waals surface area contributed by atoms with Crippen molar-refractivity contribution in [1.29, 1.82) is 0 Å². The lowest BCUT2D eigenvalue weighted by Crippen LogP contribution is -2.46. The maximum atomic E-state index is 13.1. The van der Waals surface area contributed by atoms with Gasteiger partial charge in [-0.25, -0.2) is 0 Å². The van der Waals surface area contributed by atoms with Crippen LogP contribution in [-0.4, -0.2) is 17.7 Å². The van der Waals surface area contributed by atoms with Crippen LogP contribution >= 0.6 is 0 Å². The van der Waals surface area contributed by atoms with Gasteiger partial charge in [-0.05, 0) is 56.7 Å². The van der Waals surface area contributed by atoms with E-state index in [0.717, 1.165) is 31.1 Å². The van der Waals surface area contributed by atoms with Gasteiger partial charge in [0.2, 0.25) is 0 Å². The molecule has 0 saturated heterocycles. The number of carbonyl (C=O) groups is 2. The molecule has 1 unspecified atom stereocenters. The van der Waals surface area contributed by atoms with Crippen LogP contribution in [0.15, 0.2) is 23.8 Å². The second kappa shape index (κ2) is 5.63. The molecular weight excluding hydrogens is 288 g/mol. The number of carbonyl (C=O) groups excluding carboxylic acids is 2. The summed E-state index contributed by atoms with van der Waals surface area (Å²) >= 11 is 0. The standard InChI is InChI=1S/C20H24O3/c1-12(2)15-10-17-16(9-14(15)11-21)19(22)18(20(3,4)23-17)13-7-5-6-8-13/h7,9-12,18H,5-6,8H2,1-4H3. The van der Waals surface area contributed by atoms with E-state index in [9.17, 15) is 9.59 Å². The van der Waals surface area contributed by atoms with Crippen molar-refractivity contribution in [2.75, 3.05) is 0 Å². The molecule has 1 aromatic carbocycles. The maximum absolute atomic E-state index is 13.1. The van der Waals surface area contributed by atoms with Crippen LogP contribution in [0.1, 0.15) is 79.2 Å². The highest BCUT2D eigenvalue weighted by atomic mass is 16.5. The van der Waals surface area contributed by atoms with Gasteiger partial charge in [0.1, 0.15) is 17.6 Å². The number of aldehydes is 1. The van der Waals surface area contributed by atoms with Crippen molar-refractivity contribution >= 4 is 12.1 Å². The fraction of sp³-hybridized carbons (Fsp3) is 0.500. The summed E-state index contributed by atoms with van der Waals surface area (Å²) in [6, 6.07) is 3.60. The van der Waals surface area contributed by atoms with Gasteiger partial charge in [-0.15, -0.1) is 0 Å². The molecule has 3 rings (SSSR count). The van der Waals surface area contributed by atoms with E-state index in [1.54, 1.807) is 6.07 Å². The number of allylic oxidation sites excluding steroid dienone is 1. The van der Waals surface area contributed by atoms with Crippen LogP contribution in [0, 0.1) is 5.92 Å². The van der Waals surface area contributed by atoms with Gasteiger partial charge in [-0.3, -0.25) is 9.59 Å². The predicted octanol–water partition coefficient (Wildman–Crippen LogP) is 4.70. The Bertz CT molecular complexity index is 695. The summed E-state index contributed by atoms with van der Waals surface area (Å²) in [5, 5.41) is 0. The SMILES string of the molecule is CC(C)c1cc2c(cc1C=O)C(=O)C(C1=CCCC1)C(C)(C)O2. The number of ketones is 1. The first-order valence-electron chi connectivity index (χ1n) is 8.40. The molecule has 0 amide bonds. The number of hydrogen-bond acceptors (Lipinski definition) is 3. The number of benzene rings is 1. The third kappa shape index (κ3) is 2.62. The molecule has 0 radical (unpaired) electrons. The Morgan fingerprint density at radius 2 is 2.04 bits per heavy atom. The molecule has 23 heavy (non-hydrogen) atoms. The average Bonchev–Trinajstić information content (AvgIpc) is 2.99. The van der Waals surface area contributed by atoms with Crippen LogP contribution in [0.2, 0.25) is 0 Å². The minimum atomic E-state index is -0.558. The number of ether oxygens (including phenoxy) is 1. The number of fused-ring (bicyclic) bond motifs is 1.